The zero-order chi connectivity index (χ0) is 24.8. The number of aliphatic hydroxyl groups is 2. The summed E-state index contributed by atoms with van der Waals surface area (Å²) >= 11 is 0. The van der Waals surface area contributed by atoms with Crippen LogP contribution in [0.25, 0.3) is 0 Å². The fourth-order valence-corrected chi connectivity index (χ4v) is 6.18. The standard InChI is InChI=1S/C28H33NO5/c1-16-9-8-12-20-24(31)18(3)17(2)23-21(15-19-10-6-5-7-11-19)29-26(33)28(20,23)22(30)13-14-27(4,34)25(16)32/h5-8,10-14,16-17,20-21,23-24,31,34H,3,9,15H2,1-2,4H3,(H,29,33)/b12-8+,14-13+/t16-,17+,20-,21-,23-,24+,27+,28+/m1/s1. The van der Waals surface area contributed by atoms with Crippen LogP contribution in [0.2, 0.25) is 0 Å². The van der Waals surface area contributed by atoms with Crippen molar-refractivity contribution in [1.82, 2.24) is 5.32 Å². The monoisotopic (exact) mass is 463 g/mol. The highest BCUT2D eigenvalue weighted by Crippen LogP contribution is 2.56. The number of aliphatic hydroxyl groups excluding tert-OH is 1. The fourth-order valence-electron chi connectivity index (χ4n) is 6.18. The highest BCUT2D eigenvalue weighted by Gasteiger charge is 2.68. The first kappa shape index (κ1) is 24.3. The average Bonchev–Trinajstić information content (AvgIpc) is 3.09. The van der Waals surface area contributed by atoms with Crippen molar-refractivity contribution in [3.63, 3.8) is 0 Å². The van der Waals surface area contributed by atoms with Crippen LogP contribution in [0.3, 0.4) is 0 Å². The maximum atomic E-state index is 13.9. The van der Waals surface area contributed by atoms with Crippen molar-refractivity contribution in [2.45, 2.75) is 51.4 Å². The molecule has 1 aliphatic heterocycles. The van der Waals surface area contributed by atoms with Crippen molar-refractivity contribution >= 4 is 17.5 Å². The summed E-state index contributed by atoms with van der Waals surface area (Å²) in [5, 5.41) is 25.1. The van der Waals surface area contributed by atoms with Gasteiger partial charge in [0.2, 0.25) is 5.91 Å². The molecule has 0 unspecified atom stereocenters. The molecule has 6 nitrogen and oxygen atoms in total. The lowest BCUT2D eigenvalue weighted by Crippen LogP contribution is -2.58. The van der Waals surface area contributed by atoms with Crippen molar-refractivity contribution in [3.8, 4) is 0 Å². The Bertz CT molecular complexity index is 1070. The van der Waals surface area contributed by atoms with Gasteiger partial charge in [-0.2, -0.15) is 0 Å². The highest BCUT2D eigenvalue weighted by atomic mass is 16.3. The van der Waals surface area contributed by atoms with Crippen molar-refractivity contribution in [2.24, 2.45) is 29.1 Å². The summed E-state index contributed by atoms with van der Waals surface area (Å²) in [4.78, 5) is 40.4. The summed E-state index contributed by atoms with van der Waals surface area (Å²) in [5.74, 6) is -3.44. The number of hydrogen-bond acceptors (Lipinski definition) is 5. The third-order valence-corrected chi connectivity index (χ3v) is 8.07. The van der Waals surface area contributed by atoms with E-state index in [-0.39, 0.29) is 12.0 Å². The van der Waals surface area contributed by atoms with Crippen molar-refractivity contribution in [1.29, 1.82) is 0 Å². The zero-order valence-corrected chi connectivity index (χ0v) is 19.9. The topological polar surface area (TPSA) is 104 Å². The first-order valence-electron chi connectivity index (χ1n) is 11.9. The summed E-state index contributed by atoms with van der Waals surface area (Å²) in [6, 6.07) is 9.41. The van der Waals surface area contributed by atoms with E-state index in [9.17, 15) is 24.6 Å². The van der Waals surface area contributed by atoms with Crippen LogP contribution in [-0.4, -0.2) is 45.4 Å². The minimum atomic E-state index is -1.84. The molecule has 8 atom stereocenters. The van der Waals surface area contributed by atoms with E-state index in [0.717, 1.165) is 5.56 Å². The molecule has 1 aromatic carbocycles. The molecule has 1 amide bonds. The summed E-state index contributed by atoms with van der Waals surface area (Å²) in [7, 11) is 0. The molecule has 180 valence electrons. The molecule has 0 bridgehead atoms. The van der Waals surface area contributed by atoms with E-state index in [4.69, 9.17) is 0 Å². The Labute approximate surface area is 200 Å². The van der Waals surface area contributed by atoms with Crippen LogP contribution >= 0.6 is 0 Å². The van der Waals surface area contributed by atoms with Gasteiger partial charge in [0.25, 0.3) is 0 Å². The molecule has 2 aliphatic carbocycles. The van der Waals surface area contributed by atoms with Crippen LogP contribution in [-0.2, 0) is 20.8 Å². The lowest BCUT2D eigenvalue weighted by molar-refractivity contribution is -0.148. The van der Waals surface area contributed by atoms with Gasteiger partial charge in [-0.25, -0.2) is 0 Å². The lowest BCUT2D eigenvalue weighted by Gasteiger charge is -2.48. The number of rotatable bonds is 2. The third-order valence-electron chi connectivity index (χ3n) is 8.07. The van der Waals surface area contributed by atoms with Gasteiger partial charge in [-0.1, -0.05) is 62.9 Å². The molecule has 1 saturated carbocycles. The number of benzene rings is 1. The van der Waals surface area contributed by atoms with Crippen LogP contribution in [0.5, 0.6) is 0 Å². The molecular formula is C28H33NO5. The Morgan fingerprint density at radius 3 is 2.50 bits per heavy atom. The summed E-state index contributed by atoms with van der Waals surface area (Å²) in [5.41, 5.74) is -1.79. The quantitative estimate of drug-likeness (QED) is 0.462. The number of carbonyl (C=O) groups is 3. The fraction of sp³-hybridized carbons (Fsp3) is 0.464. The number of ketones is 2. The molecular weight excluding hydrogens is 430 g/mol. The molecule has 34 heavy (non-hydrogen) atoms. The SMILES string of the molecule is C=C1[C@H](C)[C@@H]2[C@@H](Cc3ccccc3)NC(=O)[C@@]23C(=O)/C=C/[C@](C)(O)C(=O)[C@H](C)C/C=C/[C@@H]3[C@H]1O. The number of allylic oxidation sites excluding steroid dienone is 2. The summed E-state index contributed by atoms with van der Waals surface area (Å²) in [6.07, 6.45) is 5.57. The van der Waals surface area contributed by atoms with E-state index >= 15 is 0 Å². The van der Waals surface area contributed by atoms with Gasteiger partial charge >= 0.3 is 0 Å². The molecule has 1 saturated heterocycles. The van der Waals surface area contributed by atoms with Gasteiger partial charge in [0.1, 0.15) is 11.0 Å². The van der Waals surface area contributed by atoms with Gasteiger partial charge in [0.15, 0.2) is 11.6 Å². The van der Waals surface area contributed by atoms with Crippen molar-refractivity contribution in [2.75, 3.05) is 0 Å². The molecule has 1 aromatic rings. The minimum absolute atomic E-state index is 0.309. The average molecular weight is 464 g/mol. The van der Waals surface area contributed by atoms with E-state index in [1.807, 2.05) is 37.3 Å². The van der Waals surface area contributed by atoms with Crippen molar-refractivity contribution in [3.05, 3.63) is 72.4 Å². The number of hydrogen-bond donors (Lipinski definition) is 3. The number of nitrogens with one attached hydrogen (secondary N) is 1. The zero-order valence-electron chi connectivity index (χ0n) is 19.9. The van der Waals surface area contributed by atoms with Gasteiger partial charge in [0.05, 0.1) is 6.10 Å². The Hall–Kier alpha value is -2.83. The molecule has 2 fully saturated rings. The number of Topliss-reactive ketones (excluding diaryl/α,β-unsaturated/α-hetero) is 1. The molecule has 1 heterocycles. The normalized spacial score (nSPS) is 42.3. The highest BCUT2D eigenvalue weighted by molar-refractivity contribution is 6.14. The number of amides is 1. The first-order valence-corrected chi connectivity index (χ1v) is 11.9. The molecule has 3 N–H and O–H groups in total. The van der Waals surface area contributed by atoms with Crippen LogP contribution in [0.4, 0.5) is 0 Å². The van der Waals surface area contributed by atoms with E-state index < -0.39 is 52.3 Å². The predicted molar refractivity (Wildman–Crippen MR) is 128 cm³/mol. The number of carbonyl (C=O) groups excluding carboxylic acids is 3. The Morgan fingerprint density at radius 1 is 1.15 bits per heavy atom. The summed E-state index contributed by atoms with van der Waals surface area (Å²) in [6.45, 7) is 9.11. The minimum Gasteiger partial charge on any atom is -0.388 e. The maximum absolute atomic E-state index is 13.9. The molecule has 0 radical (unpaired) electrons. The van der Waals surface area contributed by atoms with Gasteiger partial charge in [-0.3, -0.25) is 14.4 Å². The van der Waals surface area contributed by atoms with Crippen LogP contribution in [0, 0.1) is 29.1 Å². The van der Waals surface area contributed by atoms with E-state index in [1.54, 1.807) is 19.1 Å². The largest absolute Gasteiger partial charge is 0.388 e. The van der Waals surface area contributed by atoms with Gasteiger partial charge < -0.3 is 15.5 Å². The predicted octanol–water partition coefficient (Wildman–Crippen LogP) is 2.55. The second kappa shape index (κ2) is 8.75. The molecule has 0 aromatic heterocycles. The summed E-state index contributed by atoms with van der Waals surface area (Å²) < 4.78 is 0. The molecule has 3 aliphatic rings. The second-order valence-corrected chi connectivity index (χ2v) is 10.3. The van der Waals surface area contributed by atoms with E-state index in [0.29, 0.717) is 18.4 Å². The molecule has 1 spiro atoms. The van der Waals surface area contributed by atoms with E-state index in [2.05, 4.69) is 11.9 Å². The maximum Gasteiger partial charge on any atom is 0.235 e. The van der Waals surface area contributed by atoms with Gasteiger partial charge in [-0.15, -0.1) is 0 Å². The van der Waals surface area contributed by atoms with Crippen LogP contribution in [0.15, 0.2) is 66.8 Å². The second-order valence-electron chi connectivity index (χ2n) is 10.3. The Morgan fingerprint density at radius 2 is 1.82 bits per heavy atom. The third kappa shape index (κ3) is 3.69. The van der Waals surface area contributed by atoms with Crippen LogP contribution in [0.1, 0.15) is 32.8 Å². The smallest absolute Gasteiger partial charge is 0.235 e. The van der Waals surface area contributed by atoms with Gasteiger partial charge in [0, 0.05) is 23.8 Å². The van der Waals surface area contributed by atoms with E-state index in [1.165, 1.54) is 19.1 Å². The van der Waals surface area contributed by atoms with Crippen molar-refractivity contribution < 1.29 is 24.6 Å². The van der Waals surface area contributed by atoms with Gasteiger partial charge in [-0.05, 0) is 49.0 Å². The van der Waals surface area contributed by atoms with Crippen LogP contribution < -0.4 is 5.32 Å². The lowest BCUT2D eigenvalue weighted by atomic mass is 9.52. The molecule has 6 heteroatoms. The first-order chi connectivity index (χ1) is 16.0. The molecule has 4 rings (SSSR count). The Balaban J connectivity index is 1.88. The Kier molecular flexibility index (Phi) is 6.25.